The molecular formula is C22H27N3O2. The monoisotopic (exact) mass is 365 g/mol. The average Bonchev–Trinajstić information content (AvgIpc) is 3.19. The number of amides is 1. The van der Waals surface area contributed by atoms with Gasteiger partial charge in [0.05, 0.1) is 5.56 Å². The Hall–Kier alpha value is -2.40. The summed E-state index contributed by atoms with van der Waals surface area (Å²) in [5, 5.41) is 7.26. The number of carbonyl (C=O) groups is 1. The van der Waals surface area contributed by atoms with Crippen LogP contribution in [0.5, 0.6) is 0 Å². The predicted octanol–water partition coefficient (Wildman–Crippen LogP) is 4.11. The number of carbonyl (C=O) groups excluding carboxylic acids is 1. The second-order valence-corrected chi connectivity index (χ2v) is 7.88. The molecule has 5 heteroatoms. The molecule has 1 saturated heterocycles. The minimum atomic E-state index is -0.557. The molecule has 3 N–H and O–H groups in total. The maximum Gasteiger partial charge on any atom is 0.271 e. The van der Waals surface area contributed by atoms with Crippen molar-refractivity contribution in [3.8, 4) is 11.1 Å². The number of rotatable bonds is 4. The fourth-order valence-corrected chi connectivity index (χ4v) is 4.29. The minimum Gasteiger partial charge on any atom is -0.364 e. The topological polar surface area (TPSA) is 81.2 Å². The summed E-state index contributed by atoms with van der Waals surface area (Å²) in [6.07, 6.45) is 9.56. The third-order valence-electron chi connectivity index (χ3n) is 5.97. The Morgan fingerprint density at radius 1 is 1.19 bits per heavy atom. The number of piperidine rings is 1. The molecule has 1 aliphatic carbocycles. The van der Waals surface area contributed by atoms with Gasteiger partial charge in [0, 0.05) is 0 Å². The summed E-state index contributed by atoms with van der Waals surface area (Å²) in [7, 11) is 0. The Kier molecular flexibility index (Phi) is 5.12. The van der Waals surface area contributed by atoms with Gasteiger partial charge in [-0.1, -0.05) is 36.4 Å². The first-order valence-corrected chi connectivity index (χ1v) is 9.92. The van der Waals surface area contributed by atoms with Gasteiger partial charge in [-0.25, -0.2) is 0 Å². The van der Waals surface area contributed by atoms with Gasteiger partial charge in [-0.3, -0.25) is 4.79 Å². The van der Waals surface area contributed by atoms with Crippen molar-refractivity contribution < 1.29 is 9.32 Å². The largest absolute Gasteiger partial charge is 0.364 e. The van der Waals surface area contributed by atoms with Gasteiger partial charge >= 0.3 is 0 Å². The summed E-state index contributed by atoms with van der Waals surface area (Å²) in [5.74, 6) is 0.750. The highest BCUT2D eigenvalue weighted by Crippen LogP contribution is 2.39. The van der Waals surface area contributed by atoms with Crippen LogP contribution in [0.2, 0.25) is 0 Å². The second-order valence-electron chi connectivity index (χ2n) is 7.88. The van der Waals surface area contributed by atoms with Crippen molar-refractivity contribution in [2.24, 2.45) is 11.7 Å². The SMILES string of the molecule is CC1CC=C(c2cc(C3CCNCC3)ccc2-c2conc2C(N)=O)CC1. The first-order valence-electron chi connectivity index (χ1n) is 9.92. The van der Waals surface area contributed by atoms with Crippen molar-refractivity contribution in [3.63, 3.8) is 0 Å². The van der Waals surface area contributed by atoms with Gasteiger partial charge in [-0.15, -0.1) is 0 Å². The molecule has 2 aliphatic rings. The lowest BCUT2D eigenvalue weighted by Crippen LogP contribution is -2.26. The van der Waals surface area contributed by atoms with Gasteiger partial charge in [0.25, 0.3) is 5.91 Å². The number of hydrogen-bond acceptors (Lipinski definition) is 4. The lowest BCUT2D eigenvalue weighted by molar-refractivity contribution is 0.0992. The molecule has 4 rings (SSSR count). The molecule has 5 nitrogen and oxygen atoms in total. The molecule has 0 bridgehead atoms. The highest BCUT2D eigenvalue weighted by atomic mass is 16.5. The Balaban J connectivity index is 1.80. The van der Waals surface area contributed by atoms with E-state index in [4.69, 9.17) is 10.3 Å². The van der Waals surface area contributed by atoms with E-state index >= 15 is 0 Å². The molecule has 27 heavy (non-hydrogen) atoms. The highest BCUT2D eigenvalue weighted by Gasteiger charge is 2.23. The number of allylic oxidation sites excluding steroid dienone is 2. The molecule has 1 aliphatic heterocycles. The van der Waals surface area contributed by atoms with E-state index in [1.807, 2.05) is 0 Å². The molecular weight excluding hydrogens is 338 g/mol. The van der Waals surface area contributed by atoms with Crippen LogP contribution < -0.4 is 11.1 Å². The van der Waals surface area contributed by atoms with Crippen molar-refractivity contribution in [3.05, 3.63) is 47.4 Å². The zero-order valence-electron chi connectivity index (χ0n) is 15.8. The van der Waals surface area contributed by atoms with Crippen LogP contribution in [0.1, 0.15) is 66.6 Å². The zero-order chi connectivity index (χ0) is 18.8. The molecule has 1 unspecified atom stereocenters. The third-order valence-corrected chi connectivity index (χ3v) is 5.97. The molecule has 2 heterocycles. The minimum absolute atomic E-state index is 0.204. The molecule has 1 fully saturated rings. The van der Waals surface area contributed by atoms with Gasteiger partial charge in [-0.05, 0) is 79.3 Å². The standard InChI is InChI=1S/C22H27N3O2/c1-14-2-4-16(5-3-14)19-12-17(15-8-10-24-11-9-15)6-7-18(19)20-13-27-25-21(20)22(23)26/h4,6-7,12-15,24H,2-3,5,8-11H2,1H3,(H2,23,26). The predicted molar refractivity (Wildman–Crippen MR) is 106 cm³/mol. The summed E-state index contributed by atoms with van der Waals surface area (Å²) in [4.78, 5) is 11.8. The van der Waals surface area contributed by atoms with Crippen LogP contribution in [0.15, 0.2) is 35.1 Å². The van der Waals surface area contributed by atoms with Gasteiger partial charge in [0.1, 0.15) is 6.26 Å². The van der Waals surface area contributed by atoms with E-state index in [1.54, 1.807) is 0 Å². The number of nitrogens with zero attached hydrogens (tertiary/aromatic N) is 1. The van der Waals surface area contributed by atoms with Crippen molar-refractivity contribution >= 4 is 11.5 Å². The number of nitrogens with one attached hydrogen (secondary N) is 1. The Morgan fingerprint density at radius 3 is 2.70 bits per heavy atom. The average molecular weight is 365 g/mol. The summed E-state index contributed by atoms with van der Waals surface area (Å²) in [5.41, 5.74) is 11.3. The lowest BCUT2D eigenvalue weighted by Gasteiger charge is -2.25. The summed E-state index contributed by atoms with van der Waals surface area (Å²) in [6.45, 7) is 4.43. The molecule has 2 aromatic rings. The first-order chi connectivity index (χ1) is 13.1. The van der Waals surface area contributed by atoms with E-state index in [-0.39, 0.29) is 5.69 Å². The van der Waals surface area contributed by atoms with Crippen LogP contribution in [-0.2, 0) is 0 Å². The number of benzene rings is 1. The molecule has 0 saturated carbocycles. The van der Waals surface area contributed by atoms with E-state index in [2.05, 4.69) is 41.7 Å². The quantitative estimate of drug-likeness (QED) is 0.854. The Labute approximate surface area is 160 Å². The van der Waals surface area contributed by atoms with Crippen molar-refractivity contribution in [2.75, 3.05) is 13.1 Å². The fourth-order valence-electron chi connectivity index (χ4n) is 4.29. The van der Waals surface area contributed by atoms with E-state index in [9.17, 15) is 4.79 Å². The maximum atomic E-state index is 11.8. The molecule has 1 aromatic carbocycles. The van der Waals surface area contributed by atoms with Crippen LogP contribution in [0.3, 0.4) is 0 Å². The second kappa shape index (κ2) is 7.69. The molecule has 0 radical (unpaired) electrons. The van der Waals surface area contributed by atoms with Gasteiger partial charge in [-0.2, -0.15) is 0 Å². The maximum absolute atomic E-state index is 11.8. The lowest BCUT2D eigenvalue weighted by atomic mass is 9.81. The molecule has 1 amide bonds. The smallest absolute Gasteiger partial charge is 0.271 e. The number of hydrogen-bond donors (Lipinski definition) is 2. The zero-order valence-corrected chi connectivity index (χ0v) is 15.8. The molecule has 142 valence electrons. The van der Waals surface area contributed by atoms with Gasteiger partial charge < -0.3 is 15.6 Å². The normalized spacial score (nSPS) is 21.1. The number of aromatic nitrogens is 1. The number of primary amides is 1. The van der Waals surface area contributed by atoms with Crippen molar-refractivity contribution in [2.45, 2.75) is 44.9 Å². The van der Waals surface area contributed by atoms with Crippen LogP contribution >= 0.6 is 0 Å². The molecule has 1 aromatic heterocycles. The van der Waals surface area contributed by atoms with Gasteiger partial charge in [0.15, 0.2) is 5.69 Å². The van der Waals surface area contributed by atoms with Crippen molar-refractivity contribution in [1.29, 1.82) is 0 Å². The fraction of sp³-hybridized carbons (Fsp3) is 0.455. The van der Waals surface area contributed by atoms with Crippen molar-refractivity contribution in [1.82, 2.24) is 10.5 Å². The first kappa shape index (κ1) is 18.0. The van der Waals surface area contributed by atoms with E-state index < -0.39 is 5.91 Å². The highest BCUT2D eigenvalue weighted by molar-refractivity contribution is 5.99. The van der Waals surface area contributed by atoms with Crippen LogP contribution in [-0.4, -0.2) is 24.2 Å². The summed E-state index contributed by atoms with van der Waals surface area (Å²) >= 11 is 0. The summed E-state index contributed by atoms with van der Waals surface area (Å²) < 4.78 is 5.09. The van der Waals surface area contributed by atoms with E-state index in [0.717, 1.165) is 50.3 Å². The van der Waals surface area contributed by atoms with Crippen LogP contribution in [0.4, 0.5) is 0 Å². The summed E-state index contributed by atoms with van der Waals surface area (Å²) in [6, 6.07) is 6.63. The third kappa shape index (κ3) is 3.69. The van der Waals surface area contributed by atoms with Crippen LogP contribution in [0.25, 0.3) is 16.7 Å². The Bertz CT molecular complexity index is 862. The van der Waals surface area contributed by atoms with E-state index in [1.165, 1.54) is 29.4 Å². The Morgan fingerprint density at radius 2 is 2.00 bits per heavy atom. The van der Waals surface area contributed by atoms with Crippen LogP contribution in [0, 0.1) is 5.92 Å². The molecule has 0 spiro atoms. The van der Waals surface area contributed by atoms with Gasteiger partial charge in [0.2, 0.25) is 0 Å². The number of nitrogens with two attached hydrogens (primary N) is 1. The van der Waals surface area contributed by atoms with E-state index in [0.29, 0.717) is 11.5 Å². The molecule has 1 atom stereocenters.